The van der Waals surface area contributed by atoms with Crippen molar-refractivity contribution < 1.29 is 16.8 Å². The molecule has 0 spiro atoms. The molecule has 2 heterocycles. The van der Waals surface area contributed by atoms with E-state index in [0.29, 0.717) is 17.8 Å². The highest BCUT2D eigenvalue weighted by Crippen LogP contribution is 2.24. The molecule has 2 aromatic rings. The zero-order chi connectivity index (χ0) is 18.9. The fraction of sp³-hybridized carbons (Fsp3) is 0.438. The standard InChI is InChI=1S/C16H22N4O4S2/c1-13-16(14(2)18-17-13)26(23,24)20-10-6-9-19(11-12-20)25(21,22)15-7-4-3-5-8-15/h3-5,7-8H,6,9-12H2,1-2H3,(H,17,18). The minimum Gasteiger partial charge on any atom is -0.281 e. The van der Waals surface area contributed by atoms with Crippen LogP contribution in [-0.4, -0.2) is 61.8 Å². The third kappa shape index (κ3) is 3.41. The molecule has 1 aromatic carbocycles. The molecule has 1 aromatic heterocycles. The first-order valence-electron chi connectivity index (χ1n) is 8.31. The minimum absolute atomic E-state index is 0.110. The lowest BCUT2D eigenvalue weighted by molar-refractivity contribution is 0.404. The van der Waals surface area contributed by atoms with Gasteiger partial charge in [0.1, 0.15) is 4.90 Å². The first-order valence-corrected chi connectivity index (χ1v) is 11.2. The lowest BCUT2D eigenvalue weighted by atomic mass is 10.4. The van der Waals surface area contributed by atoms with Gasteiger partial charge in [-0.1, -0.05) is 18.2 Å². The highest BCUT2D eigenvalue weighted by atomic mass is 32.2. The van der Waals surface area contributed by atoms with E-state index in [1.807, 2.05) is 0 Å². The molecule has 8 nitrogen and oxygen atoms in total. The number of aryl methyl sites for hydroxylation is 2. The van der Waals surface area contributed by atoms with Crippen molar-refractivity contribution >= 4 is 20.0 Å². The number of benzene rings is 1. The van der Waals surface area contributed by atoms with Gasteiger partial charge in [-0.25, -0.2) is 16.8 Å². The summed E-state index contributed by atoms with van der Waals surface area (Å²) < 4.78 is 54.2. The maximum atomic E-state index is 13.0. The second kappa shape index (κ2) is 7.10. The van der Waals surface area contributed by atoms with Crippen LogP contribution in [0.15, 0.2) is 40.1 Å². The Morgan fingerprint density at radius 2 is 1.46 bits per heavy atom. The average Bonchev–Trinajstić information content (AvgIpc) is 2.82. The zero-order valence-corrected chi connectivity index (χ0v) is 16.3. The summed E-state index contributed by atoms with van der Waals surface area (Å²) in [4.78, 5) is 0.398. The lowest BCUT2D eigenvalue weighted by Gasteiger charge is -2.21. The van der Waals surface area contributed by atoms with Crippen molar-refractivity contribution in [1.29, 1.82) is 0 Å². The van der Waals surface area contributed by atoms with E-state index < -0.39 is 20.0 Å². The Bertz CT molecular complexity index is 965. The fourth-order valence-electron chi connectivity index (χ4n) is 3.14. The molecular weight excluding hydrogens is 376 g/mol. The number of aromatic nitrogens is 2. The van der Waals surface area contributed by atoms with Crippen LogP contribution in [0.3, 0.4) is 0 Å². The van der Waals surface area contributed by atoms with Gasteiger partial charge in [0.05, 0.1) is 16.3 Å². The molecule has 0 amide bonds. The molecule has 26 heavy (non-hydrogen) atoms. The molecule has 1 fully saturated rings. The fourth-order valence-corrected chi connectivity index (χ4v) is 6.43. The average molecular weight is 399 g/mol. The highest BCUT2D eigenvalue weighted by Gasteiger charge is 2.33. The Morgan fingerprint density at radius 3 is 2.00 bits per heavy atom. The van der Waals surface area contributed by atoms with E-state index in [1.54, 1.807) is 44.2 Å². The smallest absolute Gasteiger partial charge is 0.246 e. The molecule has 1 aliphatic rings. The van der Waals surface area contributed by atoms with Gasteiger partial charge < -0.3 is 0 Å². The predicted molar refractivity (Wildman–Crippen MR) is 96.6 cm³/mol. The van der Waals surface area contributed by atoms with Crippen molar-refractivity contribution in [3.05, 3.63) is 41.7 Å². The summed E-state index contributed by atoms with van der Waals surface area (Å²) in [6.07, 6.45) is 0.432. The largest absolute Gasteiger partial charge is 0.281 e. The summed E-state index contributed by atoms with van der Waals surface area (Å²) in [6, 6.07) is 8.20. The van der Waals surface area contributed by atoms with Crippen LogP contribution in [0, 0.1) is 13.8 Å². The van der Waals surface area contributed by atoms with Crippen LogP contribution in [0.25, 0.3) is 0 Å². The Hall–Kier alpha value is -1.75. The van der Waals surface area contributed by atoms with Crippen molar-refractivity contribution in [2.24, 2.45) is 0 Å². The number of rotatable bonds is 4. The van der Waals surface area contributed by atoms with Crippen molar-refractivity contribution in [1.82, 2.24) is 18.8 Å². The van der Waals surface area contributed by atoms with E-state index in [-0.39, 0.29) is 36.0 Å². The quantitative estimate of drug-likeness (QED) is 0.831. The molecule has 0 aliphatic carbocycles. The summed E-state index contributed by atoms with van der Waals surface area (Å²) in [5, 5.41) is 6.65. The monoisotopic (exact) mass is 398 g/mol. The molecule has 1 saturated heterocycles. The lowest BCUT2D eigenvalue weighted by Crippen LogP contribution is -2.37. The zero-order valence-electron chi connectivity index (χ0n) is 14.7. The molecule has 0 atom stereocenters. The van der Waals surface area contributed by atoms with E-state index >= 15 is 0 Å². The van der Waals surface area contributed by atoms with Gasteiger partial charge in [0.15, 0.2) is 0 Å². The number of aromatic amines is 1. The van der Waals surface area contributed by atoms with Crippen LogP contribution in [0.4, 0.5) is 0 Å². The highest BCUT2D eigenvalue weighted by molar-refractivity contribution is 7.89. The first kappa shape index (κ1) is 19.0. The van der Waals surface area contributed by atoms with Gasteiger partial charge in [-0.3, -0.25) is 5.10 Å². The number of nitrogens with zero attached hydrogens (tertiary/aromatic N) is 3. The van der Waals surface area contributed by atoms with E-state index in [1.165, 1.54) is 8.61 Å². The molecule has 142 valence electrons. The van der Waals surface area contributed by atoms with E-state index in [0.717, 1.165) is 0 Å². The maximum Gasteiger partial charge on any atom is 0.246 e. The van der Waals surface area contributed by atoms with Gasteiger partial charge in [0.2, 0.25) is 20.0 Å². The van der Waals surface area contributed by atoms with Crippen molar-refractivity contribution in [2.75, 3.05) is 26.2 Å². The minimum atomic E-state index is -3.72. The SMILES string of the molecule is Cc1n[nH]c(C)c1S(=O)(=O)N1CCCN(S(=O)(=O)c2ccccc2)CC1. The third-order valence-corrected chi connectivity index (χ3v) is 8.53. The number of nitrogens with one attached hydrogen (secondary N) is 1. The summed E-state index contributed by atoms with van der Waals surface area (Å²) in [5.74, 6) is 0. The summed E-state index contributed by atoms with van der Waals surface area (Å²) >= 11 is 0. The number of sulfonamides is 2. The van der Waals surface area contributed by atoms with Gasteiger partial charge in [0.25, 0.3) is 0 Å². The number of H-pyrrole nitrogens is 1. The normalized spacial score (nSPS) is 17.9. The maximum absolute atomic E-state index is 13.0. The second-order valence-corrected chi connectivity index (χ2v) is 10.1. The molecule has 0 unspecified atom stereocenters. The Kier molecular flexibility index (Phi) is 5.20. The van der Waals surface area contributed by atoms with Crippen LogP contribution >= 0.6 is 0 Å². The number of hydrogen-bond acceptors (Lipinski definition) is 5. The molecule has 10 heteroatoms. The van der Waals surface area contributed by atoms with E-state index in [9.17, 15) is 16.8 Å². The molecule has 3 rings (SSSR count). The topological polar surface area (TPSA) is 103 Å². The van der Waals surface area contributed by atoms with Gasteiger partial charge in [-0.05, 0) is 32.4 Å². The van der Waals surface area contributed by atoms with E-state index in [4.69, 9.17) is 0 Å². The second-order valence-electron chi connectivity index (χ2n) is 6.24. The van der Waals surface area contributed by atoms with Crippen molar-refractivity contribution in [2.45, 2.75) is 30.1 Å². The van der Waals surface area contributed by atoms with Gasteiger partial charge >= 0.3 is 0 Å². The van der Waals surface area contributed by atoms with Crippen LogP contribution < -0.4 is 0 Å². The summed E-state index contributed by atoms with van der Waals surface area (Å²) in [5.41, 5.74) is 0.904. The summed E-state index contributed by atoms with van der Waals surface area (Å²) in [6.45, 7) is 4.09. The van der Waals surface area contributed by atoms with Gasteiger partial charge in [-0.2, -0.15) is 13.7 Å². The van der Waals surface area contributed by atoms with Crippen molar-refractivity contribution in [3.8, 4) is 0 Å². The Labute approximate surface area is 153 Å². The molecule has 1 N–H and O–H groups in total. The molecule has 0 radical (unpaired) electrons. The van der Waals surface area contributed by atoms with Crippen LogP contribution in [-0.2, 0) is 20.0 Å². The first-order chi connectivity index (χ1) is 12.2. The van der Waals surface area contributed by atoms with Gasteiger partial charge in [0, 0.05) is 26.2 Å². The molecule has 0 bridgehead atoms. The van der Waals surface area contributed by atoms with Crippen LogP contribution in [0.1, 0.15) is 17.8 Å². The Morgan fingerprint density at radius 1 is 0.885 bits per heavy atom. The Balaban J connectivity index is 1.83. The van der Waals surface area contributed by atoms with Crippen LogP contribution in [0.5, 0.6) is 0 Å². The van der Waals surface area contributed by atoms with Crippen molar-refractivity contribution in [3.63, 3.8) is 0 Å². The molecule has 1 aliphatic heterocycles. The third-order valence-electron chi connectivity index (χ3n) is 4.45. The number of hydrogen-bond donors (Lipinski definition) is 1. The van der Waals surface area contributed by atoms with Gasteiger partial charge in [-0.15, -0.1) is 0 Å². The molecular formula is C16H22N4O4S2. The van der Waals surface area contributed by atoms with Crippen LogP contribution in [0.2, 0.25) is 0 Å². The predicted octanol–water partition coefficient (Wildman–Crippen LogP) is 1.11. The molecule has 0 saturated carbocycles. The summed E-state index contributed by atoms with van der Waals surface area (Å²) in [7, 11) is -7.35. The van der Waals surface area contributed by atoms with E-state index in [2.05, 4.69) is 10.2 Å².